The van der Waals surface area contributed by atoms with Crippen molar-refractivity contribution in [3.63, 3.8) is 0 Å². The van der Waals surface area contributed by atoms with Gasteiger partial charge < -0.3 is 10.1 Å². The number of ether oxygens (including phenoxy) is 1. The third-order valence-electron chi connectivity index (χ3n) is 2.28. The molecular formula is C11H12F3NOS. The number of hydrogen-bond acceptors (Lipinski definition) is 3. The molecule has 1 aromatic carbocycles. The van der Waals surface area contributed by atoms with Crippen molar-refractivity contribution in [3.05, 3.63) is 24.3 Å². The highest BCUT2D eigenvalue weighted by atomic mass is 32.2. The third kappa shape index (κ3) is 3.81. The zero-order valence-corrected chi connectivity index (χ0v) is 9.77. The zero-order valence-electron chi connectivity index (χ0n) is 8.96. The maximum atomic E-state index is 12.2. The second-order valence-corrected chi connectivity index (χ2v) is 4.80. The van der Waals surface area contributed by atoms with Crippen LogP contribution in [0.25, 0.3) is 0 Å². The Morgan fingerprint density at radius 2 is 2.00 bits per heavy atom. The van der Waals surface area contributed by atoms with Gasteiger partial charge in [0.05, 0.1) is 25.0 Å². The van der Waals surface area contributed by atoms with Crippen LogP contribution in [0.5, 0.6) is 0 Å². The number of benzene rings is 1. The van der Waals surface area contributed by atoms with Gasteiger partial charge in [0.1, 0.15) is 0 Å². The lowest BCUT2D eigenvalue weighted by molar-refractivity contribution is -0.105. The number of para-hydroxylation sites is 1. The van der Waals surface area contributed by atoms with E-state index in [9.17, 15) is 13.2 Å². The summed E-state index contributed by atoms with van der Waals surface area (Å²) in [5.74, 6) is -0.868. The number of rotatable bonds is 4. The van der Waals surface area contributed by atoms with Gasteiger partial charge in [-0.15, -0.1) is 11.8 Å². The van der Waals surface area contributed by atoms with Crippen molar-refractivity contribution in [1.29, 1.82) is 0 Å². The van der Waals surface area contributed by atoms with Crippen molar-refractivity contribution in [1.82, 2.24) is 0 Å². The molecule has 1 heterocycles. The molecule has 0 bridgehead atoms. The fourth-order valence-corrected chi connectivity index (χ4v) is 2.19. The smallest absolute Gasteiger partial charge is 0.377 e. The van der Waals surface area contributed by atoms with Crippen LogP contribution in [-0.2, 0) is 4.74 Å². The maximum absolute atomic E-state index is 12.2. The fourth-order valence-electron chi connectivity index (χ4n) is 1.41. The van der Waals surface area contributed by atoms with Crippen molar-refractivity contribution >= 4 is 17.4 Å². The van der Waals surface area contributed by atoms with E-state index in [1.54, 1.807) is 24.3 Å². The van der Waals surface area contributed by atoms with Gasteiger partial charge in [-0.2, -0.15) is 13.2 Å². The van der Waals surface area contributed by atoms with Gasteiger partial charge in [-0.05, 0) is 12.1 Å². The van der Waals surface area contributed by atoms with Crippen LogP contribution in [0.15, 0.2) is 29.2 Å². The molecular weight excluding hydrogens is 251 g/mol. The van der Waals surface area contributed by atoms with E-state index in [1.807, 2.05) is 0 Å². The van der Waals surface area contributed by atoms with Gasteiger partial charge in [-0.1, -0.05) is 12.1 Å². The van der Waals surface area contributed by atoms with Crippen molar-refractivity contribution in [2.45, 2.75) is 17.1 Å². The molecule has 0 spiro atoms. The third-order valence-corrected chi connectivity index (χ3v) is 3.41. The molecule has 1 fully saturated rings. The standard InChI is InChI=1S/C11H12F3NOS/c12-11(13,14)7-17-10-4-2-1-3-9(10)15-8-5-16-6-8/h1-4,8,15H,5-7H2. The van der Waals surface area contributed by atoms with Crippen LogP contribution < -0.4 is 5.32 Å². The van der Waals surface area contributed by atoms with Crippen LogP contribution in [0.2, 0.25) is 0 Å². The second-order valence-electron chi connectivity index (χ2n) is 3.78. The summed E-state index contributed by atoms with van der Waals surface area (Å²) in [7, 11) is 0. The van der Waals surface area contributed by atoms with Crippen molar-refractivity contribution in [3.8, 4) is 0 Å². The number of halogens is 3. The van der Waals surface area contributed by atoms with E-state index >= 15 is 0 Å². The van der Waals surface area contributed by atoms with E-state index in [4.69, 9.17) is 4.74 Å². The van der Waals surface area contributed by atoms with E-state index in [2.05, 4.69) is 5.32 Å². The molecule has 0 unspecified atom stereocenters. The fraction of sp³-hybridized carbons (Fsp3) is 0.455. The van der Waals surface area contributed by atoms with Crippen molar-refractivity contribution in [2.24, 2.45) is 0 Å². The van der Waals surface area contributed by atoms with E-state index in [-0.39, 0.29) is 6.04 Å². The molecule has 0 amide bonds. The number of thioether (sulfide) groups is 1. The predicted molar refractivity (Wildman–Crippen MR) is 61.5 cm³/mol. The lowest BCUT2D eigenvalue weighted by Gasteiger charge is -2.28. The van der Waals surface area contributed by atoms with Gasteiger partial charge in [-0.25, -0.2) is 0 Å². The maximum Gasteiger partial charge on any atom is 0.398 e. The summed E-state index contributed by atoms with van der Waals surface area (Å²) in [4.78, 5) is 0.622. The normalized spacial score (nSPS) is 16.6. The molecule has 94 valence electrons. The number of alkyl halides is 3. The van der Waals surface area contributed by atoms with Crippen LogP contribution in [-0.4, -0.2) is 31.2 Å². The molecule has 0 radical (unpaired) electrons. The van der Waals surface area contributed by atoms with Crippen LogP contribution >= 0.6 is 11.8 Å². The Labute approximate surface area is 102 Å². The SMILES string of the molecule is FC(F)(F)CSc1ccccc1NC1COC1. The molecule has 1 N–H and O–H groups in total. The Hall–Kier alpha value is -0.880. The first-order chi connectivity index (χ1) is 8.04. The molecule has 2 nitrogen and oxygen atoms in total. The summed E-state index contributed by atoms with van der Waals surface area (Å²) < 4.78 is 41.5. The molecule has 1 saturated heterocycles. The summed E-state index contributed by atoms with van der Waals surface area (Å²) >= 11 is 0.802. The van der Waals surface area contributed by atoms with Crippen molar-refractivity contribution < 1.29 is 17.9 Å². The molecule has 0 aliphatic carbocycles. The molecule has 1 aliphatic rings. The van der Waals surface area contributed by atoms with Gasteiger partial charge in [0.25, 0.3) is 0 Å². The van der Waals surface area contributed by atoms with Crippen LogP contribution in [0, 0.1) is 0 Å². The topological polar surface area (TPSA) is 21.3 Å². The van der Waals surface area contributed by atoms with E-state index in [0.29, 0.717) is 18.1 Å². The summed E-state index contributed by atoms with van der Waals surface area (Å²) in [6.07, 6.45) is -4.14. The Kier molecular flexibility index (Phi) is 3.83. The van der Waals surface area contributed by atoms with E-state index in [0.717, 1.165) is 17.4 Å². The lowest BCUT2D eigenvalue weighted by atomic mass is 10.2. The number of hydrogen-bond donors (Lipinski definition) is 1. The Morgan fingerprint density at radius 1 is 1.29 bits per heavy atom. The average Bonchev–Trinajstić information content (AvgIpc) is 2.21. The molecule has 6 heteroatoms. The predicted octanol–water partition coefficient (Wildman–Crippen LogP) is 3.15. The monoisotopic (exact) mass is 263 g/mol. The van der Waals surface area contributed by atoms with Crippen LogP contribution in [0.4, 0.5) is 18.9 Å². The van der Waals surface area contributed by atoms with E-state index < -0.39 is 11.9 Å². The first-order valence-electron chi connectivity index (χ1n) is 5.17. The first kappa shape index (κ1) is 12.6. The highest BCUT2D eigenvalue weighted by Gasteiger charge is 2.28. The Bertz CT molecular complexity index is 379. The quantitative estimate of drug-likeness (QED) is 0.843. The van der Waals surface area contributed by atoms with Gasteiger partial charge in [0.15, 0.2) is 0 Å². The summed E-state index contributed by atoms with van der Waals surface area (Å²) in [6.45, 7) is 1.22. The highest BCUT2D eigenvalue weighted by Crippen LogP contribution is 2.32. The summed E-state index contributed by atoms with van der Waals surface area (Å²) in [5.41, 5.74) is 0.745. The number of anilines is 1. The molecule has 17 heavy (non-hydrogen) atoms. The zero-order chi connectivity index (χ0) is 12.3. The molecule has 0 saturated carbocycles. The first-order valence-corrected chi connectivity index (χ1v) is 6.16. The lowest BCUT2D eigenvalue weighted by Crippen LogP contribution is -2.40. The van der Waals surface area contributed by atoms with Crippen LogP contribution in [0.3, 0.4) is 0 Å². The Morgan fingerprint density at radius 3 is 2.59 bits per heavy atom. The largest absolute Gasteiger partial charge is 0.398 e. The van der Waals surface area contributed by atoms with Gasteiger partial charge in [-0.3, -0.25) is 0 Å². The van der Waals surface area contributed by atoms with Crippen molar-refractivity contribution in [2.75, 3.05) is 24.3 Å². The van der Waals surface area contributed by atoms with Crippen LogP contribution in [0.1, 0.15) is 0 Å². The minimum Gasteiger partial charge on any atom is -0.377 e. The second kappa shape index (κ2) is 5.18. The Balaban J connectivity index is 1.99. The average molecular weight is 263 g/mol. The summed E-state index contributed by atoms with van der Waals surface area (Å²) in [5, 5.41) is 3.17. The minimum atomic E-state index is -4.14. The minimum absolute atomic E-state index is 0.211. The molecule has 0 atom stereocenters. The summed E-state index contributed by atoms with van der Waals surface area (Å²) in [6, 6.07) is 7.23. The number of nitrogens with one attached hydrogen (secondary N) is 1. The molecule has 1 aliphatic heterocycles. The van der Waals surface area contributed by atoms with E-state index in [1.165, 1.54) is 0 Å². The highest BCUT2D eigenvalue weighted by molar-refractivity contribution is 7.99. The van der Waals surface area contributed by atoms with Gasteiger partial charge >= 0.3 is 6.18 Å². The molecule has 2 rings (SSSR count). The molecule has 1 aromatic rings. The van der Waals surface area contributed by atoms with Gasteiger partial charge in [0.2, 0.25) is 0 Å². The van der Waals surface area contributed by atoms with Gasteiger partial charge in [0, 0.05) is 10.6 Å². The molecule has 0 aromatic heterocycles.